The van der Waals surface area contributed by atoms with Crippen LogP contribution in [-0.4, -0.2) is 4.89 Å². The van der Waals surface area contributed by atoms with Crippen LogP contribution in [-0.2, 0) is 24.0 Å². The van der Waals surface area contributed by atoms with Gasteiger partial charge in [-0.3, -0.25) is 13.2 Å². The fourth-order valence-electron chi connectivity index (χ4n) is 0. The van der Waals surface area contributed by atoms with Gasteiger partial charge in [-0.1, -0.05) is 0 Å². The van der Waals surface area contributed by atoms with E-state index < -0.39 is 8.69 Å². The molecule has 0 amide bonds. The van der Waals surface area contributed by atoms with E-state index in [-0.39, 0.29) is 19.5 Å². The summed E-state index contributed by atoms with van der Waals surface area (Å²) in [5.74, 6) is 0. The molecule has 42 valence electrons. The van der Waals surface area contributed by atoms with Gasteiger partial charge in [-0.15, -0.1) is 0 Å². The molecule has 0 atom stereocenters. The SMILES string of the molecule is O=PO.[CH-]=C.[CH-]=C.[Zn+2]. The monoisotopic (exact) mass is 182 g/mol. The van der Waals surface area contributed by atoms with Crippen LogP contribution in [0.2, 0.25) is 0 Å². The minimum atomic E-state index is -0.833. The molecule has 0 aromatic heterocycles. The predicted octanol–water partition coefficient (Wildman–Crippen LogP) is 1.39. The van der Waals surface area contributed by atoms with E-state index in [1.54, 1.807) is 0 Å². The Hall–Kier alpha value is 0.163. The zero-order chi connectivity index (χ0) is 6.71. The summed E-state index contributed by atoms with van der Waals surface area (Å²) in [6.07, 6.45) is 0. The third-order valence-corrected chi connectivity index (χ3v) is 0. The first-order valence-electron chi connectivity index (χ1n) is 1.20. The molecule has 0 aliphatic carbocycles. The Bertz CT molecular complexity index is 33.2. The van der Waals surface area contributed by atoms with Crippen molar-refractivity contribution in [2.45, 2.75) is 0 Å². The van der Waals surface area contributed by atoms with Crippen molar-refractivity contribution in [1.82, 2.24) is 0 Å². The van der Waals surface area contributed by atoms with Crippen LogP contribution in [0.15, 0.2) is 13.2 Å². The van der Waals surface area contributed by atoms with Crippen molar-refractivity contribution in [2.75, 3.05) is 0 Å². The smallest absolute Gasteiger partial charge is 0.521 e. The van der Waals surface area contributed by atoms with E-state index in [1.807, 2.05) is 0 Å². The van der Waals surface area contributed by atoms with Gasteiger partial charge >= 0.3 is 28.2 Å². The zero-order valence-electron chi connectivity index (χ0n) is 4.58. The average Bonchev–Trinajstić information content (AvgIpc) is 1.78. The van der Waals surface area contributed by atoms with Crippen molar-refractivity contribution in [2.24, 2.45) is 0 Å². The summed E-state index contributed by atoms with van der Waals surface area (Å²) in [5.41, 5.74) is 0. The van der Waals surface area contributed by atoms with Crippen LogP contribution < -0.4 is 0 Å². The Morgan fingerprint density at radius 2 is 1.25 bits per heavy atom. The first-order chi connectivity index (χ1) is 3.41. The molecule has 0 radical (unpaired) electrons. The molecule has 1 N–H and O–H groups in total. The molecule has 0 saturated carbocycles. The standard InChI is InChI=1S/2C2H3.HO2P.Zn/c2*1-2;1-3-2;/h2*1H,2H2;(H,1,2);/q2*-1;;+2. The van der Waals surface area contributed by atoms with Gasteiger partial charge in [0.05, 0.1) is 0 Å². The quantitative estimate of drug-likeness (QED) is 0.350. The Morgan fingerprint density at radius 1 is 1.25 bits per heavy atom. The van der Waals surface area contributed by atoms with Gasteiger partial charge in [-0.05, 0) is 0 Å². The summed E-state index contributed by atoms with van der Waals surface area (Å²) >= 11 is 0. The molecule has 0 aromatic rings. The molecular formula is C4H7O2PZn. The van der Waals surface area contributed by atoms with E-state index in [0.717, 1.165) is 0 Å². The minimum absolute atomic E-state index is 0. The van der Waals surface area contributed by atoms with Crippen molar-refractivity contribution in [3.8, 4) is 0 Å². The molecule has 0 aliphatic rings. The summed E-state index contributed by atoms with van der Waals surface area (Å²) < 4.78 is 8.46. The fourth-order valence-corrected chi connectivity index (χ4v) is 0. The van der Waals surface area contributed by atoms with Gasteiger partial charge < -0.3 is 18.1 Å². The summed E-state index contributed by atoms with van der Waals surface area (Å²) in [6.45, 7) is 14.0. The Kier molecular flexibility index (Phi) is 607. The Morgan fingerprint density at radius 3 is 1.25 bits per heavy atom. The van der Waals surface area contributed by atoms with E-state index in [1.165, 1.54) is 0 Å². The van der Waals surface area contributed by atoms with Crippen molar-refractivity contribution in [3.63, 3.8) is 0 Å². The van der Waals surface area contributed by atoms with Crippen LogP contribution in [0.1, 0.15) is 0 Å². The van der Waals surface area contributed by atoms with E-state index in [9.17, 15) is 0 Å². The van der Waals surface area contributed by atoms with Gasteiger partial charge in [0.1, 0.15) is 0 Å². The average molecular weight is 183 g/mol. The molecule has 0 aliphatic heterocycles. The largest absolute Gasteiger partial charge is 2.00 e. The molecule has 0 bridgehead atoms. The predicted molar refractivity (Wildman–Crippen MR) is 29.7 cm³/mol. The maximum Gasteiger partial charge on any atom is 2.00 e. The van der Waals surface area contributed by atoms with Crippen molar-refractivity contribution < 1.29 is 28.9 Å². The van der Waals surface area contributed by atoms with Gasteiger partial charge in [0, 0.05) is 0 Å². The number of hydrogen-bond donors (Lipinski definition) is 1. The maximum atomic E-state index is 8.46. The van der Waals surface area contributed by atoms with E-state index >= 15 is 0 Å². The van der Waals surface area contributed by atoms with Crippen LogP contribution in [0, 0.1) is 13.2 Å². The second kappa shape index (κ2) is 201. The fraction of sp³-hybridized carbons (Fsp3) is 0. The number of hydrogen-bond acceptors (Lipinski definition) is 1. The number of rotatable bonds is 0. The van der Waals surface area contributed by atoms with Crippen LogP contribution in [0.5, 0.6) is 0 Å². The van der Waals surface area contributed by atoms with Gasteiger partial charge in [-0.2, -0.15) is 0 Å². The Balaban J connectivity index is -0.0000000147. The summed E-state index contributed by atoms with van der Waals surface area (Å²) in [7, 11) is -0.833. The summed E-state index contributed by atoms with van der Waals surface area (Å²) in [6, 6.07) is 0. The summed E-state index contributed by atoms with van der Waals surface area (Å²) in [4.78, 5) is 6.99. The second-order valence-corrected chi connectivity index (χ2v) is 0.245. The van der Waals surface area contributed by atoms with Crippen LogP contribution in [0.4, 0.5) is 0 Å². The van der Waals surface area contributed by atoms with Crippen molar-refractivity contribution in [1.29, 1.82) is 0 Å². The van der Waals surface area contributed by atoms with Crippen molar-refractivity contribution >= 4 is 8.69 Å². The second-order valence-electron chi connectivity index (χ2n) is 0.0816. The van der Waals surface area contributed by atoms with E-state index in [2.05, 4.69) is 26.3 Å². The van der Waals surface area contributed by atoms with Gasteiger partial charge in [0.15, 0.2) is 0 Å². The molecule has 2 nitrogen and oxygen atoms in total. The van der Waals surface area contributed by atoms with E-state index in [0.29, 0.717) is 0 Å². The zero-order valence-corrected chi connectivity index (χ0v) is 8.44. The molecule has 0 heterocycles. The molecular weight excluding hydrogens is 176 g/mol. The van der Waals surface area contributed by atoms with Gasteiger partial charge in [0.25, 0.3) is 0 Å². The third-order valence-electron chi connectivity index (χ3n) is 0. The minimum Gasteiger partial charge on any atom is -0.521 e. The van der Waals surface area contributed by atoms with E-state index in [4.69, 9.17) is 9.46 Å². The van der Waals surface area contributed by atoms with Gasteiger partial charge in [-0.25, -0.2) is 4.57 Å². The summed E-state index contributed by atoms with van der Waals surface area (Å²) in [5, 5.41) is 0. The van der Waals surface area contributed by atoms with Crippen LogP contribution in [0.3, 0.4) is 0 Å². The molecule has 8 heavy (non-hydrogen) atoms. The van der Waals surface area contributed by atoms with Crippen LogP contribution in [0.25, 0.3) is 0 Å². The third kappa shape index (κ3) is 6160. The topological polar surface area (TPSA) is 37.3 Å². The molecule has 0 rings (SSSR count). The first-order valence-corrected chi connectivity index (χ1v) is 1.96. The molecule has 0 saturated heterocycles. The van der Waals surface area contributed by atoms with Gasteiger partial charge in [0.2, 0.25) is 0 Å². The molecule has 0 aromatic carbocycles. The van der Waals surface area contributed by atoms with Crippen molar-refractivity contribution in [3.05, 3.63) is 26.3 Å². The molecule has 0 spiro atoms. The first kappa shape index (κ1) is 24.2. The normalized spacial score (nSPS) is 3.62. The Labute approximate surface area is 64.4 Å². The van der Waals surface area contributed by atoms with Crippen LogP contribution >= 0.6 is 8.69 Å². The molecule has 0 fully saturated rings. The molecule has 0 unspecified atom stereocenters. The molecule has 4 heteroatoms. The maximum absolute atomic E-state index is 8.46.